The van der Waals surface area contributed by atoms with Crippen molar-refractivity contribution in [2.75, 3.05) is 6.54 Å². The molecule has 7 nitrogen and oxygen atoms in total. The number of ketones is 1. The summed E-state index contributed by atoms with van der Waals surface area (Å²) in [6.07, 6.45) is 1.71. The van der Waals surface area contributed by atoms with Crippen LogP contribution >= 0.6 is 0 Å². The fourth-order valence-electron chi connectivity index (χ4n) is 5.86. The topological polar surface area (TPSA) is 96.3 Å². The largest absolute Gasteiger partial charge is 0.461 e. The van der Waals surface area contributed by atoms with E-state index in [-0.39, 0.29) is 30.0 Å². The lowest BCUT2D eigenvalue weighted by molar-refractivity contribution is -0.292. The maximum absolute atomic E-state index is 13.5. The second-order valence-corrected chi connectivity index (χ2v) is 11.7. The summed E-state index contributed by atoms with van der Waals surface area (Å²) < 4.78 is 12.1. The third-order valence-electron chi connectivity index (χ3n) is 8.23. The van der Waals surface area contributed by atoms with E-state index in [0.29, 0.717) is 32.2 Å². The van der Waals surface area contributed by atoms with Crippen molar-refractivity contribution in [2.45, 2.75) is 110 Å². The second-order valence-electron chi connectivity index (χ2n) is 11.7. The van der Waals surface area contributed by atoms with E-state index in [4.69, 9.17) is 9.47 Å². The minimum absolute atomic E-state index is 0.0681. The molecule has 0 radical (unpaired) electrons. The molecule has 0 aliphatic carbocycles. The Morgan fingerprint density at radius 1 is 1.16 bits per heavy atom. The third kappa shape index (κ3) is 6.80. The van der Waals surface area contributed by atoms with Crippen LogP contribution in [0.3, 0.4) is 0 Å². The molecule has 3 rings (SSSR count). The molecule has 0 amide bonds. The monoisotopic (exact) mass is 517 g/mol. The number of aliphatic hydroxyl groups excluding tert-OH is 1. The average Bonchev–Trinajstić information content (AvgIpc) is 3.33. The van der Waals surface area contributed by atoms with Crippen molar-refractivity contribution in [3.8, 4) is 0 Å². The molecule has 37 heavy (non-hydrogen) atoms. The number of esters is 1. The van der Waals surface area contributed by atoms with E-state index in [1.54, 1.807) is 6.92 Å². The van der Waals surface area contributed by atoms with Crippen LogP contribution in [0, 0.1) is 23.7 Å². The van der Waals surface area contributed by atoms with E-state index in [9.17, 15) is 19.8 Å². The summed E-state index contributed by atoms with van der Waals surface area (Å²) in [6, 6.07) is 9.46. The molecule has 0 spiro atoms. The number of ether oxygens (including phenoxy) is 2. The highest BCUT2D eigenvalue weighted by atomic mass is 16.7. The Kier molecular flexibility index (Phi) is 10.3. The molecule has 7 heteroatoms. The zero-order valence-corrected chi connectivity index (χ0v) is 23.4. The number of rotatable bonds is 10. The Bertz CT molecular complexity index is 889. The van der Waals surface area contributed by atoms with Crippen LogP contribution < -0.4 is 0 Å². The molecule has 0 saturated carbocycles. The van der Waals surface area contributed by atoms with Gasteiger partial charge in [0.15, 0.2) is 12.0 Å². The summed E-state index contributed by atoms with van der Waals surface area (Å²) in [7, 11) is 0. The number of Topliss-reactive ketones (excluding diaryl/α,β-unsaturated/α-hetero) is 1. The highest BCUT2D eigenvalue weighted by Gasteiger charge is 2.55. The van der Waals surface area contributed by atoms with Crippen molar-refractivity contribution in [1.82, 2.24) is 4.90 Å². The van der Waals surface area contributed by atoms with E-state index in [1.807, 2.05) is 32.0 Å². The molecule has 0 aromatic heterocycles. The summed E-state index contributed by atoms with van der Waals surface area (Å²) in [6.45, 7) is 12.3. The molecule has 2 aliphatic heterocycles. The predicted octanol–water partition coefficient (Wildman–Crippen LogP) is 4.33. The maximum Gasteiger partial charge on any atom is 0.323 e. The van der Waals surface area contributed by atoms with Crippen molar-refractivity contribution in [2.24, 2.45) is 23.7 Å². The van der Waals surface area contributed by atoms with Gasteiger partial charge in [-0.3, -0.25) is 14.5 Å². The molecular weight excluding hydrogens is 470 g/mol. The molecule has 7 unspecified atom stereocenters. The van der Waals surface area contributed by atoms with Gasteiger partial charge in [-0.15, -0.1) is 0 Å². The fourth-order valence-corrected chi connectivity index (χ4v) is 5.86. The maximum atomic E-state index is 13.5. The van der Waals surface area contributed by atoms with Gasteiger partial charge >= 0.3 is 5.97 Å². The molecule has 208 valence electrons. The van der Waals surface area contributed by atoms with Crippen molar-refractivity contribution >= 4 is 11.8 Å². The zero-order valence-electron chi connectivity index (χ0n) is 23.4. The van der Waals surface area contributed by atoms with Gasteiger partial charge < -0.3 is 19.7 Å². The van der Waals surface area contributed by atoms with E-state index in [1.165, 1.54) is 10.5 Å². The first-order chi connectivity index (χ1) is 17.5. The highest BCUT2D eigenvalue weighted by molar-refractivity contribution is 5.88. The first-order valence-corrected chi connectivity index (χ1v) is 14.1. The Balaban J connectivity index is 1.78. The quantitative estimate of drug-likeness (QED) is 0.446. The van der Waals surface area contributed by atoms with Crippen molar-refractivity contribution < 1.29 is 29.3 Å². The number of hydrogen-bond donors (Lipinski definition) is 2. The smallest absolute Gasteiger partial charge is 0.323 e. The number of benzene rings is 1. The lowest BCUT2D eigenvalue weighted by Crippen LogP contribution is -2.62. The van der Waals surface area contributed by atoms with Crippen LogP contribution in [0.4, 0.5) is 0 Å². The Labute approximate surface area is 222 Å². The van der Waals surface area contributed by atoms with E-state index < -0.39 is 35.7 Å². The number of hydrogen-bond acceptors (Lipinski definition) is 7. The van der Waals surface area contributed by atoms with Gasteiger partial charge in [0.2, 0.25) is 0 Å². The first kappa shape index (κ1) is 29.8. The highest BCUT2D eigenvalue weighted by Crippen LogP contribution is 2.36. The van der Waals surface area contributed by atoms with Gasteiger partial charge in [0, 0.05) is 12.5 Å². The van der Waals surface area contributed by atoms with Crippen LogP contribution in [0.2, 0.25) is 0 Å². The van der Waals surface area contributed by atoms with E-state index in [2.05, 4.69) is 32.9 Å². The van der Waals surface area contributed by atoms with Gasteiger partial charge in [-0.2, -0.15) is 0 Å². The van der Waals surface area contributed by atoms with Crippen molar-refractivity contribution in [1.29, 1.82) is 0 Å². The van der Waals surface area contributed by atoms with Gasteiger partial charge in [0.05, 0.1) is 6.10 Å². The van der Waals surface area contributed by atoms with Crippen LogP contribution in [0.25, 0.3) is 0 Å². The molecule has 2 fully saturated rings. The number of likely N-dealkylation sites (tertiary alicyclic amines) is 1. The number of nitrogens with zero attached hydrogens (tertiary/aromatic N) is 1. The van der Waals surface area contributed by atoms with Crippen molar-refractivity contribution in [3.05, 3.63) is 35.9 Å². The zero-order chi connectivity index (χ0) is 27.3. The van der Waals surface area contributed by atoms with Gasteiger partial charge in [-0.25, -0.2) is 0 Å². The number of carbonyl (C=O) groups is 2. The second kappa shape index (κ2) is 12.8. The summed E-state index contributed by atoms with van der Waals surface area (Å²) in [5.41, 5.74) is 1.20. The molecule has 1 aromatic carbocycles. The van der Waals surface area contributed by atoms with Gasteiger partial charge in [0.1, 0.15) is 12.1 Å². The van der Waals surface area contributed by atoms with Crippen molar-refractivity contribution in [3.63, 3.8) is 0 Å². The lowest BCUT2D eigenvalue weighted by atomic mass is 9.86. The van der Waals surface area contributed by atoms with Crippen LogP contribution in [0.5, 0.6) is 0 Å². The number of carbonyl (C=O) groups excluding carboxylic acids is 2. The summed E-state index contributed by atoms with van der Waals surface area (Å²) in [5.74, 6) is -3.46. The summed E-state index contributed by atoms with van der Waals surface area (Å²) in [4.78, 5) is 28.2. The third-order valence-corrected chi connectivity index (χ3v) is 8.23. The first-order valence-electron chi connectivity index (χ1n) is 14.1. The average molecular weight is 518 g/mol. The molecule has 2 aliphatic rings. The standard InChI is InChI=1S/C30H47NO6/c1-7-23(18-22-12-9-8-10-13-22)26(20(4)5)36-28(33)24-14-11-17-31(24)29(34)30(35)27(32)21(6)15-16-25(37-30)19(2)3/h8-10,12-13,19-21,23-26,29,34-35H,7,11,14-18H2,1-6H3. The Hall–Kier alpha value is -1.80. The SMILES string of the molecule is CCC(Cc1ccccc1)C(OC(=O)C1CCCN1C(O)C1(O)OC(C(C)C)CCC(C)C1=O)C(C)C. The fraction of sp³-hybridized carbons (Fsp3) is 0.733. The molecule has 7 atom stereocenters. The molecule has 2 N–H and O–H groups in total. The molecule has 2 saturated heterocycles. The molecule has 2 heterocycles. The summed E-state index contributed by atoms with van der Waals surface area (Å²) >= 11 is 0. The number of aliphatic hydroxyl groups is 2. The van der Waals surface area contributed by atoms with Crippen LogP contribution in [0.15, 0.2) is 30.3 Å². The minimum atomic E-state index is -2.38. The Morgan fingerprint density at radius 3 is 2.43 bits per heavy atom. The lowest BCUT2D eigenvalue weighted by Gasteiger charge is -2.40. The van der Waals surface area contributed by atoms with Crippen LogP contribution in [-0.4, -0.2) is 63.7 Å². The molecular formula is C30H47NO6. The van der Waals surface area contributed by atoms with Crippen LogP contribution in [-0.2, 0) is 25.5 Å². The van der Waals surface area contributed by atoms with Gasteiger partial charge in [0.25, 0.3) is 5.79 Å². The van der Waals surface area contributed by atoms with E-state index in [0.717, 1.165) is 12.8 Å². The minimum Gasteiger partial charge on any atom is -0.461 e. The predicted molar refractivity (Wildman–Crippen MR) is 142 cm³/mol. The van der Waals surface area contributed by atoms with Gasteiger partial charge in [-0.1, -0.05) is 71.9 Å². The Morgan fingerprint density at radius 2 is 1.84 bits per heavy atom. The van der Waals surface area contributed by atoms with Crippen LogP contribution in [0.1, 0.15) is 79.2 Å². The molecule has 1 aromatic rings. The molecule has 0 bridgehead atoms. The van der Waals surface area contributed by atoms with E-state index >= 15 is 0 Å². The van der Waals surface area contributed by atoms with Gasteiger partial charge in [-0.05, 0) is 61.8 Å². The summed E-state index contributed by atoms with van der Waals surface area (Å²) in [5, 5.41) is 22.9. The normalized spacial score (nSPS) is 29.8.